The topological polar surface area (TPSA) is 20.2 Å². The Morgan fingerprint density at radius 3 is 2.61 bits per heavy atom. The second-order valence-electron chi connectivity index (χ2n) is 5.10. The van der Waals surface area contributed by atoms with Crippen LogP contribution in [0, 0.1) is 13.8 Å². The lowest BCUT2D eigenvalue weighted by molar-refractivity contribution is 0.171. The maximum atomic E-state index is 10.4. The van der Waals surface area contributed by atoms with E-state index in [2.05, 4.69) is 39.0 Å². The van der Waals surface area contributed by atoms with E-state index in [1.807, 2.05) is 23.5 Å². The van der Waals surface area contributed by atoms with Gasteiger partial charge in [0.25, 0.3) is 0 Å². The van der Waals surface area contributed by atoms with Crippen LogP contribution in [0.1, 0.15) is 23.6 Å². The lowest BCUT2D eigenvalue weighted by Gasteiger charge is -2.31. The van der Waals surface area contributed by atoms with E-state index in [-0.39, 0.29) is 6.10 Å². The number of hydrogen-bond donors (Lipinski definition) is 1. The molecule has 1 heterocycles. The third-order valence-electron chi connectivity index (χ3n) is 3.63. The molecule has 3 heteroatoms. The van der Waals surface area contributed by atoms with Crippen molar-refractivity contribution in [1.82, 2.24) is 0 Å². The SMILES string of the molecule is Cc1ccc(CC(O)C2SCCSC2C)cc1C. The van der Waals surface area contributed by atoms with Crippen LogP contribution in [0.4, 0.5) is 0 Å². The summed E-state index contributed by atoms with van der Waals surface area (Å²) < 4.78 is 0. The Morgan fingerprint density at radius 1 is 1.22 bits per heavy atom. The molecule has 0 aliphatic carbocycles. The number of benzene rings is 1. The van der Waals surface area contributed by atoms with Gasteiger partial charge in [0.15, 0.2) is 0 Å². The van der Waals surface area contributed by atoms with E-state index >= 15 is 0 Å². The fourth-order valence-electron chi connectivity index (χ4n) is 2.36. The largest absolute Gasteiger partial charge is 0.392 e. The van der Waals surface area contributed by atoms with E-state index in [9.17, 15) is 5.11 Å². The van der Waals surface area contributed by atoms with Gasteiger partial charge >= 0.3 is 0 Å². The zero-order valence-electron chi connectivity index (χ0n) is 11.3. The minimum atomic E-state index is -0.222. The Kier molecular flexibility index (Phi) is 5.05. The van der Waals surface area contributed by atoms with Gasteiger partial charge in [0.2, 0.25) is 0 Å². The maximum Gasteiger partial charge on any atom is 0.0709 e. The summed E-state index contributed by atoms with van der Waals surface area (Å²) in [4.78, 5) is 0. The first-order valence-corrected chi connectivity index (χ1v) is 8.65. The zero-order chi connectivity index (χ0) is 13.1. The molecule has 100 valence electrons. The summed E-state index contributed by atoms with van der Waals surface area (Å²) in [6.07, 6.45) is 0.559. The lowest BCUT2D eigenvalue weighted by atomic mass is 10.00. The summed E-state index contributed by atoms with van der Waals surface area (Å²) in [6, 6.07) is 6.52. The molecule has 1 aliphatic heterocycles. The van der Waals surface area contributed by atoms with Crippen molar-refractivity contribution in [3.63, 3.8) is 0 Å². The van der Waals surface area contributed by atoms with Crippen molar-refractivity contribution in [2.75, 3.05) is 11.5 Å². The van der Waals surface area contributed by atoms with Gasteiger partial charge in [-0.1, -0.05) is 25.1 Å². The molecule has 0 saturated carbocycles. The fourth-order valence-corrected chi connectivity index (χ4v) is 5.21. The standard InChI is InChI=1S/C15H22OS2/c1-10-4-5-13(8-11(10)2)9-14(16)15-12(3)17-6-7-18-15/h4-5,8,12,14-16H,6-7,9H2,1-3H3. The van der Waals surface area contributed by atoms with Crippen molar-refractivity contribution in [3.8, 4) is 0 Å². The zero-order valence-corrected chi connectivity index (χ0v) is 13.0. The van der Waals surface area contributed by atoms with E-state index in [4.69, 9.17) is 0 Å². The second-order valence-corrected chi connectivity index (χ2v) is 7.87. The maximum absolute atomic E-state index is 10.4. The van der Waals surface area contributed by atoms with E-state index in [1.54, 1.807) is 0 Å². The lowest BCUT2D eigenvalue weighted by Crippen LogP contribution is -2.36. The van der Waals surface area contributed by atoms with Gasteiger partial charge in [-0.05, 0) is 37.0 Å². The molecule has 3 unspecified atom stereocenters. The molecule has 1 N–H and O–H groups in total. The van der Waals surface area contributed by atoms with Gasteiger partial charge in [-0.25, -0.2) is 0 Å². The van der Waals surface area contributed by atoms with Crippen molar-refractivity contribution in [2.24, 2.45) is 0 Å². The average Bonchev–Trinajstić information content (AvgIpc) is 2.34. The summed E-state index contributed by atoms with van der Waals surface area (Å²) in [5, 5.41) is 11.4. The molecule has 1 aromatic carbocycles. The van der Waals surface area contributed by atoms with Crippen LogP contribution in [0.15, 0.2) is 18.2 Å². The number of aliphatic hydroxyl groups excluding tert-OH is 1. The highest BCUT2D eigenvalue weighted by Crippen LogP contribution is 2.34. The average molecular weight is 282 g/mol. The first-order valence-electron chi connectivity index (χ1n) is 6.55. The number of thioether (sulfide) groups is 2. The van der Waals surface area contributed by atoms with Gasteiger partial charge in [-0.15, -0.1) is 0 Å². The first-order chi connectivity index (χ1) is 8.58. The van der Waals surface area contributed by atoms with Crippen LogP contribution in [-0.2, 0) is 6.42 Å². The Balaban J connectivity index is 2.01. The Morgan fingerprint density at radius 2 is 1.94 bits per heavy atom. The molecule has 1 nitrogen and oxygen atoms in total. The summed E-state index contributed by atoms with van der Waals surface area (Å²) >= 11 is 3.92. The Labute approximate surface area is 119 Å². The molecular formula is C15H22OS2. The Hall–Kier alpha value is -0.120. The number of aliphatic hydroxyl groups is 1. The van der Waals surface area contributed by atoms with E-state index in [0.29, 0.717) is 10.5 Å². The number of aryl methyl sites for hydroxylation is 2. The van der Waals surface area contributed by atoms with Crippen molar-refractivity contribution < 1.29 is 5.11 Å². The van der Waals surface area contributed by atoms with Crippen molar-refractivity contribution in [3.05, 3.63) is 34.9 Å². The quantitative estimate of drug-likeness (QED) is 0.917. The predicted molar refractivity (Wildman–Crippen MR) is 83.8 cm³/mol. The monoisotopic (exact) mass is 282 g/mol. The Bertz CT molecular complexity index is 405. The van der Waals surface area contributed by atoms with Crippen molar-refractivity contribution >= 4 is 23.5 Å². The minimum absolute atomic E-state index is 0.222. The number of rotatable bonds is 3. The van der Waals surface area contributed by atoms with Gasteiger partial charge < -0.3 is 5.11 Å². The summed E-state index contributed by atoms with van der Waals surface area (Å²) in [7, 11) is 0. The summed E-state index contributed by atoms with van der Waals surface area (Å²) in [6.45, 7) is 6.51. The van der Waals surface area contributed by atoms with Gasteiger partial charge in [0.1, 0.15) is 0 Å². The minimum Gasteiger partial charge on any atom is -0.392 e. The molecule has 1 saturated heterocycles. The predicted octanol–water partition coefficient (Wildman–Crippen LogP) is 3.44. The van der Waals surface area contributed by atoms with Crippen LogP contribution in [0.5, 0.6) is 0 Å². The molecule has 1 fully saturated rings. The molecule has 0 aromatic heterocycles. The molecule has 1 aromatic rings. The normalized spacial score (nSPS) is 26.0. The van der Waals surface area contributed by atoms with E-state index < -0.39 is 0 Å². The van der Waals surface area contributed by atoms with E-state index in [1.165, 1.54) is 28.2 Å². The highest BCUT2D eigenvalue weighted by Gasteiger charge is 2.29. The molecule has 0 spiro atoms. The van der Waals surface area contributed by atoms with Crippen LogP contribution < -0.4 is 0 Å². The van der Waals surface area contributed by atoms with Crippen molar-refractivity contribution in [1.29, 1.82) is 0 Å². The molecule has 0 radical (unpaired) electrons. The van der Waals surface area contributed by atoms with Crippen LogP contribution >= 0.6 is 23.5 Å². The van der Waals surface area contributed by atoms with Gasteiger partial charge in [0.05, 0.1) is 6.10 Å². The molecule has 3 atom stereocenters. The highest BCUT2D eigenvalue weighted by molar-refractivity contribution is 8.07. The molecule has 1 aliphatic rings. The summed E-state index contributed by atoms with van der Waals surface area (Å²) in [5.74, 6) is 2.39. The highest BCUT2D eigenvalue weighted by atomic mass is 32.2. The third-order valence-corrected chi connectivity index (χ3v) is 6.87. The van der Waals surface area contributed by atoms with Gasteiger partial charge in [-0.2, -0.15) is 23.5 Å². The second kappa shape index (κ2) is 6.36. The fraction of sp³-hybridized carbons (Fsp3) is 0.600. The molecular weight excluding hydrogens is 260 g/mol. The van der Waals surface area contributed by atoms with Gasteiger partial charge in [-0.3, -0.25) is 0 Å². The van der Waals surface area contributed by atoms with Crippen LogP contribution in [0.2, 0.25) is 0 Å². The molecule has 2 rings (SSSR count). The molecule has 0 bridgehead atoms. The number of hydrogen-bond acceptors (Lipinski definition) is 3. The smallest absolute Gasteiger partial charge is 0.0709 e. The van der Waals surface area contributed by atoms with Crippen LogP contribution in [-0.4, -0.2) is 33.2 Å². The third kappa shape index (κ3) is 3.46. The molecule has 0 amide bonds. The van der Waals surface area contributed by atoms with Crippen LogP contribution in [0.3, 0.4) is 0 Å². The summed E-state index contributed by atoms with van der Waals surface area (Å²) in [5.41, 5.74) is 3.90. The van der Waals surface area contributed by atoms with Gasteiger partial charge in [0, 0.05) is 22.0 Å². The van der Waals surface area contributed by atoms with Crippen LogP contribution in [0.25, 0.3) is 0 Å². The van der Waals surface area contributed by atoms with Crippen molar-refractivity contribution in [2.45, 2.75) is 43.8 Å². The first kappa shape index (κ1) is 14.3. The molecule has 18 heavy (non-hydrogen) atoms. The van der Waals surface area contributed by atoms with E-state index in [0.717, 1.165) is 6.42 Å².